The van der Waals surface area contributed by atoms with E-state index in [-0.39, 0.29) is 0 Å². The highest BCUT2D eigenvalue weighted by atomic mass is 16.1. The largest absolute Gasteiger partial charge is 0.303 e. The second-order valence-electron chi connectivity index (χ2n) is 2.57. The minimum Gasteiger partial charge on any atom is -0.303 e. The Bertz CT molecular complexity index is 160. The fraction of sp³-hybridized carbons (Fsp3) is 0.444. The van der Waals surface area contributed by atoms with Crippen molar-refractivity contribution in [1.82, 2.24) is 0 Å². The Morgan fingerprint density at radius 1 is 1.30 bits per heavy atom. The number of rotatable bonds is 3. The topological polar surface area (TPSA) is 17.1 Å². The van der Waals surface area contributed by atoms with Crippen LogP contribution in [0.15, 0.2) is 23.3 Å². The summed E-state index contributed by atoms with van der Waals surface area (Å²) in [6.07, 6.45) is 5.40. The predicted molar refractivity (Wildman–Crippen MR) is 43.9 cm³/mol. The molecule has 0 heterocycles. The third-order valence-corrected chi connectivity index (χ3v) is 1.05. The minimum atomic E-state index is 0.523. The van der Waals surface area contributed by atoms with Crippen LogP contribution in [0.25, 0.3) is 0 Å². The molecular weight excluding hydrogens is 124 g/mol. The summed E-state index contributed by atoms with van der Waals surface area (Å²) in [7, 11) is 0. The highest BCUT2D eigenvalue weighted by molar-refractivity contribution is 5.52. The lowest BCUT2D eigenvalue weighted by atomic mass is 10.2. The summed E-state index contributed by atoms with van der Waals surface area (Å²) in [6.45, 7) is 6.08. The Balaban J connectivity index is 3.94. The molecule has 0 aromatic carbocycles. The van der Waals surface area contributed by atoms with Crippen molar-refractivity contribution in [3.05, 3.63) is 23.3 Å². The minimum absolute atomic E-state index is 0.523. The van der Waals surface area contributed by atoms with Crippen molar-refractivity contribution in [2.45, 2.75) is 27.2 Å². The van der Waals surface area contributed by atoms with Crippen molar-refractivity contribution >= 4 is 6.29 Å². The molecule has 0 rings (SSSR count). The third-order valence-electron chi connectivity index (χ3n) is 1.05. The van der Waals surface area contributed by atoms with Crippen molar-refractivity contribution in [2.75, 3.05) is 0 Å². The van der Waals surface area contributed by atoms with Crippen LogP contribution in [0.1, 0.15) is 27.2 Å². The molecule has 0 aliphatic heterocycles. The summed E-state index contributed by atoms with van der Waals surface area (Å²) in [5.74, 6) is 0. The van der Waals surface area contributed by atoms with Crippen LogP contribution < -0.4 is 0 Å². The van der Waals surface area contributed by atoms with E-state index >= 15 is 0 Å². The van der Waals surface area contributed by atoms with E-state index in [2.05, 4.69) is 6.08 Å². The lowest BCUT2D eigenvalue weighted by molar-refractivity contribution is -0.107. The van der Waals surface area contributed by atoms with Gasteiger partial charge in [0.2, 0.25) is 0 Å². The third kappa shape index (κ3) is 5.29. The van der Waals surface area contributed by atoms with Gasteiger partial charge in [0.05, 0.1) is 0 Å². The molecule has 0 aliphatic carbocycles. The van der Waals surface area contributed by atoms with Gasteiger partial charge in [0, 0.05) is 6.42 Å². The van der Waals surface area contributed by atoms with Crippen molar-refractivity contribution in [1.29, 1.82) is 0 Å². The maximum atomic E-state index is 9.93. The van der Waals surface area contributed by atoms with E-state index in [1.54, 1.807) is 0 Å². The van der Waals surface area contributed by atoms with E-state index in [0.717, 1.165) is 11.9 Å². The number of allylic oxidation sites excluding steroid dienone is 4. The molecule has 0 amide bonds. The number of aldehydes is 1. The van der Waals surface area contributed by atoms with Crippen LogP contribution in [0.4, 0.5) is 0 Å². The van der Waals surface area contributed by atoms with Crippen LogP contribution in [0.3, 0.4) is 0 Å². The van der Waals surface area contributed by atoms with Crippen LogP contribution in [0.2, 0.25) is 0 Å². The van der Waals surface area contributed by atoms with Gasteiger partial charge in [-0.25, -0.2) is 0 Å². The zero-order valence-electron chi connectivity index (χ0n) is 6.85. The maximum absolute atomic E-state index is 9.93. The molecule has 10 heavy (non-hydrogen) atoms. The normalized spacial score (nSPS) is 10.9. The van der Waals surface area contributed by atoms with Gasteiger partial charge in [-0.15, -0.1) is 0 Å². The van der Waals surface area contributed by atoms with Gasteiger partial charge in [-0.2, -0.15) is 0 Å². The van der Waals surface area contributed by atoms with Crippen LogP contribution in [-0.4, -0.2) is 6.29 Å². The van der Waals surface area contributed by atoms with Gasteiger partial charge in [-0.3, -0.25) is 0 Å². The lowest BCUT2D eigenvalue weighted by Gasteiger charge is -1.90. The lowest BCUT2D eigenvalue weighted by Crippen LogP contribution is -1.73. The molecule has 1 heteroatoms. The summed E-state index contributed by atoms with van der Waals surface area (Å²) in [6, 6.07) is 0. The summed E-state index contributed by atoms with van der Waals surface area (Å²) >= 11 is 0. The van der Waals surface area contributed by atoms with Gasteiger partial charge in [-0.1, -0.05) is 23.3 Å². The van der Waals surface area contributed by atoms with E-state index in [1.807, 2.05) is 26.8 Å². The second kappa shape index (κ2) is 4.98. The average Bonchev–Trinajstić information content (AvgIpc) is 1.82. The molecule has 0 aliphatic rings. The quantitative estimate of drug-likeness (QED) is 0.432. The van der Waals surface area contributed by atoms with Gasteiger partial charge in [0.15, 0.2) is 0 Å². The zero-order chi connectivity index (χ0) is 7.98. The highest BCUT2D eigenvalue weighted by Gasteiger charge is 1.81. The Morgan fingerprint density at radius 2 is 1.90 bits per heavy atom. The first-order valence-corrected chi connectivity index (χ1v) is 3.42. The molecule has 0 N–H and O–H groups in total. The molecule has 0 bridgehead atoms. The Hall–Kier alpha value is -0.850. The Morgan fingerprint density at radius 3 is 2.30 bits per heavy atom. The molecule has 0 aromatic rings. The van der Waals surface area contributed by atoms with Gasteiger partial charge in [0.1, 0.15) is 6.29 Å². The molecular formula is C9H14O. The molecule has 0 fully saturated rings. The molecule has 0 atom stereocenters. The zero-order valence-corrected chi connectivity index (χ0v) is 6.85. The standard InChI is InChI=1S/C9H14O/c1-8(2)7-9(3)5-4-6-10/h5-7H,4H2,1-3H3/b9-5-. The van der Waals surface area contributed by atoms with Crippen LogP contribution in [0.5, 0.6) is 0 Å². The molecule has 0 radical (unpaired) electrons. The van der Waals surface area contributed by atoms with Crippen LogP contribution >= 0.6 is 0 Å². The van der Waals surface area contributed by atoms with Crippen molar-refractivity contribution in [3.63, 3.8) is 0 Å². The van der Waals surface area contributed by atoms with Crippen molar-refractivity contribution in [3.8, 4) is 0 Å². The van der Waals surface area contributed by atoms with Gasteiger partial charge >= 0.3 is 0 Å². The van der Waals surface area contributed by atoms with E-state index < -0.39 is 0 Å². The summed E-state index contributed by atoms with van der Waals surface area (Å²) in [4.78, 5) is 9.93. The Labute approximate surface area is 62.4 Å². The smallest absolute Gasteiger partial charge is 0.123 e. The van der Waals surface area contributed by atoms with E-state index in [1.165, 1.54) is 5.57 Å². The molecule has 0 unspecified atom stereocenters. The molecule has 0 saturated carbocycles. The van der Waals surface area contributed by atoms with E-state index in [4.69, 9.17) is 0 Å². The predicted octanol–water partition coefficient (Wildman–Crippen LogP) is 2.49. The SMILES string of the molecule is CC(C)=C/C(C)=C\CC=O. The van der Waals surface area contributed by atoms with Crippen LogP contribution in [-0.2, 0) is 4.79 Å². The second-order valence-corrected chi connectivity index (χ2v) is 2.57. The fourth-order valence-electron chi connectivity index (χ4n) is 0.748. The maximum Gasteiger partial charge on any atom is 0.123 e. The molecule has 0 saturated heterocycles. The van der Waals surface area contributed by atoms with Crippen LogP contribution in [0, 0.1) is 0 Å². The monoisotopic (exact) mass is 138 g/mol. The fourth-order valence-corrected chi connectivity index (χ4v) is 0.748. The Kier molecular flexibility index (Phi) is 4.55. The first kappa shape index (κ1) is 9.15. The number of hydrogen-bond donors (Lipinski definition) is 0. The highest BCUT2D eigenvalue weighted by Crippen LogP contribution is 2.00. The molecule has 56 valence electrons. The molecule has 0 aromatic heterocycles. The number of hydrogen-bond acceptors (Lipinski definition) is 1. The summed E-state index contributed by atoms with van der Waals surface area (Å²) in [5.41, 5.74) is 2.42. The van der Waals surface area contributed by atoms with Gasteiger partial charge in [-0.05, 0) is 20.8 Å². The number of carbonyl (C=O) groups excluding carboxylic acids is 1. The number of carbonyl (C=O) groups is 1. The van der Waals surface area contributed by atoms with Crippen molar-refractivity contribution in [2.24, 2.45) is 0 Å². The molecule has 0 spiro atoms. The average molecular weight is 138 g/mol. The van der Waals surface area contributed by atoms with Crippen molar-refractivity contribution < 1.29 is 4.79 Å². The first-order valence-electron chi connectivity index (χ1n) is 3.42. The molecule has 1 nitrogen and oxygen atoms in total. The summed E-state index contributed by atoms with van der Waals surface area (Å²) in [5, 5.41) is 0. The van der Waals surface area contributed by atoms with Gasteiger partial charge < -0.3 is 4.79 Å². The van der Waals surface area contributed by atoms with E-state index in [0.29, 0.717) is 6.42 Å². The first-order chi connectivity index (χ1) is 4.66. The summed E-state index contributed by atoms with van der Waals surface area (Å²) < 4.78 is 0. The van der Waals surface area contributed by atoms with Gasteiger partial charge in [0.25, 0.3) is 0 Å². The van der Waals surface area contributed by atoms with E-state index in [9.17, 15) is 4.79 Å².